The minimum absolute atomic E-state index is 0.148. The van der Waals surface area contributed by atoms with Gasteiger partial charge in [0.25, 0.3) is 0 Å². The predicted octanol–water partition coefficient (Wildman–Crippen LogP) is 2.88. The van der Waals surface area contributed by atoms with Gasteiger partial charge in [-0.25, -0.2) is 4.79 Å². The molecule has 1 aromatic rings. The third-order valence-electron chi connectivity index (χ3n) is 3.21. The van der Waals surface area contributed by atoms with Crippen LogP contribution in [-0.2, 0) is 9.53 Å². The van der Waals surface area contributed by atoms with Crippen molar-refractivity contribution in [3.8, 4) is 0 Å². The van der Waals surface area contributed by atoms with Crippen LogP contribution >= 0.6 is 0 Å². The lowest BCUT2D eigenvalue weighted by atomic mass is 9.91. The number of carboxylic acid groups (broad SMARTS) is 1. The Bertz CT molecular complexity index is 555. The third kappa shape index (κ3) is 2.67. The molecule has 0 bridgehead atoms. The van der Waals surface area contributed by atoms with E-state index in [4.69, 9.17) is 4.74 Å². The van der Waals surface area contributed by atoms with Crippen molar-refractivity contribution in [1.29, 1.82) is 0 Å². The van der Waals surface area contributed by atoms with Crippen LogP contribution in [0.1, 0.15) is 42.6 Å². The predicted molar refractivity (Wildman–Crippen MR) is 70.8 cm³/mol. The summed E-state index contributed by atoms with van der Waals surface area (Å²) in [6, 6.07) is 6.58. The van der Waals surface area contributed by atoms with E-state index in [9.17, 15) is 14.7 Å². The Labute approximate surface area is 111 Å². The monoisotopic (exact) mass is 260 g/mol. The van der Waals surface area contributed by atoms with Crippen molar-refractivity contribution in [2.75, 3.05) is 0 Å². The molecule has 0 saturated heterocycles. The minimum atomic E-state index is -1.03. The van der Waals surface area contributed by atoms with Gasteiger partial charge >= 0.3 is 5.97 Å². The highest BCUT2D eigenvalue weighted by molar-refractivity contribution is 5.96. The van der Waals surface area contributed by atoms with Crippen LogP contribution in [0, 0.1) is 0 Å². The fourth-order valence-corrected chi connectivity index (χ4v) is 2.15. The molecule has 2 rings (SSSR count). The van der Waals surface area contributed by atoms with Crippen LogP contribution in [-0.4, -0.2) is 23.0 Å². The number of hydrogen-bond acceptors (Lipinski definition) is 3. The van der Waals surface area contributed by atoms with Crippen molar-refractivity contribution >= 4 is 18.0 Å². The SMILES string of the molecule is CC1(C)CCC(C=O)=C(c2ccccc2C(=O)O)O1. The fourth-order valence-electron chi connectivity index (χ4n) is 2.15. The zero-order valence-electron chi connectivity index (χ0n) is 11.0. The average Bonchev–Trinajstić information content (AvgIpc) is 2.37. The Hall–Kier alpha value is -2.10. The number of ether oxygens (including phenoxy) is 1. The summed E-state index contributed by atoms with van der Waals surface area (Å²) in [7, 11) is 0. The molecule has 0 spiro atoms. The third-order valence-corrected chi connectivity index (χ3v) is 3.21. The Morgan fingerprint density at radius 1 is 1.37 bits per heavy atom. The van der Waals surface area contributed by atoms with Crippen LogP contribution in [0.3, 0.4) is 0 Å². The second kappa shape index (κ2) is 4.88. The molecule has 1 N–H and O–H groups in total. The van der Waals surface area contributed by atoms with E-state index in [0.29, 0.717) is 23.3 Å². The number of aromatic carboxylic acids is 1. The van der Waals surface area contributed by atoms with Crippen molar-refractivity contribution < 1.29 is 19.4 Å². The highest BCUT2D eigenvalue weighted by Gasteiger charge is 2.30. The number of hydrogen-bond donors (Lipinski definition) is 1. The van der Waals surface area contributed by atoms with Crippen molar-refractivity contribution in [2.24, 2.45) is 0 Å². The lowest BCUT2D eigenvalue weighted by molar-refractivity contribution is -0.105. The summed E-state index contributed by atoms with van der Waals surface area (Å²) in [5.74, 6) is -0.635. The van der Waals surface area contributed by atoms with Gasteiger partial charge in [-0.1, -0.05) is 18.2 Å². The van der Waals surface area contributed by atoms with Crippen LogP contribution in [0.5, 0.6) is 0 Å². The molecule has 1 aromatic carbocycles. The molecule has 100 valence electrons. The Morgan fingerprint density at radius 2 is 2.05 bits per heavy atom. The number of aldehydes is 1. The van der Waals surface area contributed by atoms with Crippen molar-refractivity contribution in [2.45, 2.75) is 32.3 Å². The molecule has 0 aliphatic carbocycles. The fraction of sp³-hybridized carbons (Fsp3) is 0.333. The number of allylic oxidation sites excluding steroid dienone is 1. The highest BCUT2D eigenvalue weighted by Crippen LogP contribution is 2.36. The van der Waals surface area contributed by atoms with Crippen LogP contribution in [0.4, 0.5) is 0 Å². The lowest BCUT2D eigenvalue weighted by Gasteiger charge is -2.33. The Kier molecular flexibility index (Phi) is 3.42. The first kappa shape index (κ1) is 13.3. The van der Waals surface area contributed by atoms with E-state index in [1.54, 1.807) is 18.2 Å². The van der Waals surface area contributed by atoms with Crippen molar-refractivity contribution in [1.82, 2.24) is 0 Å². The van der Waals surface area contributed by atoms with E-state index in [-0.39, 0.29) is 5.56 Å². The molecule has 0 unspecified atom stereocenters. The summed E-state index contributed by atoms with van der Waals surface area (Å²) in [5.41, 5.74) is 0.737. The summed E-state index contributed by atoms with van der Waals surface area (Å²) in [4.78, 5) is 22.4. The zero-order valence-corrected chi connectivity index (χ0v) is 11.0. The summed E-state index contributed by atoms with van der Waals surface area (Å²) >= 11 is 0. The Balaban J connectivity index is 2.58. The first-order chi connectivity index (χ1) is 8.94. The molecule has 1 aliphatic heterocycles. The van der Waals surface area contributed by atoms with E-state index in [1.807, 2.05) is 13.8 Å². The van der Waals surface area contributed by atoms with Crippen LogP contribution in [0.25, 0.3) is 5.76 Å². The molecule has 4 nitrogen and oxygen atoms in total. The molecular weight excluding hydrogens is 244 g/mol. The summed E-state index contributed by atoms with van der Waals surface area (Å²) in [6.07, 6.45) is 2.09. The average molecular weight is 260 g/mol. The first-order valence-electron chi connectivity index (χ1n) is 6.14. The number of carbonyl (C=O) groups is 2. The van der Waals surface area contributed by atoms with Crippen molar-refractivity contribution in [3.05, 3.63) is 41.0 Å². The van der Waals surface area contributed by atoms with Gasteiger partial charge in [-0.2, -0.15) is 0 Å². The molecule has 0 aromatic heterocycles. The smallest absolute Gasteiger partial charge is 0.336 e. The van der Waals surface area contributed by atoms with Crippen molar-refractivity contribution in [3.63, 3.8) is 0 Å². The van der Waals surface area contributed by atoms with Gasteiger partial charge in [0.2, 0.25) is 0 Å². The molecule has 0 fully saturated rings. The molecule has 1 heterocycles. The molecule has 19 heavy (non-hydrogen) atoms. The maximum atomic E-state index is 11.3. The van der Waals surface area contributed by atoms with Gasteiger partial charge in [-0.15, -0.1) is 0 Å². The highest BCUT2D eigenvalue weighted by atomic mass is 16.5. The lowest BCUT2D eigenvalue weighted by Crippen LogP contribution is -2.28. The molecule has 0 saturated carbocycles. The summed E-state index contributed by atoms with van der Waals surface area (Å²) in [6.45, 7) is 3.86. The van der Waals surface area contributed by atoms with Gasteiger partial charge in [-0.05, 0) is 32.8 Å². The van der Waals surface area contributed by atoms with Gasteiger partial charge in [0.05, 0.1) is 5.56 Å². The Morgan fingerprint density at radius 3 is 2.68 bits per heavy atom. The van der Waals surface area contributed by atoms with Gasteiger partial charge in [0, 0.05) is 11.1 Å². The summed E-state index contributed by atoms with van der Waals surface area (Å²) in [5, 5.41) is 9.22. The van der Waals surface area contributed by atoms with Crippen LogP contribution in [0.2, 0.25) is 0 Å². The molecule has 1 aliphatic rings. The van der Waals surface area contributed by atoms with E-state index < -0.39 is 11.6 Å². The normalized spacial score (nSPS) is 17.8. The van der Waals surface area contributed by atoms with E-state index >= 15 is 0 Å². The first-order valence-corrected chi connectivity index (χ1v) is 6.14. The summed E-state index contributed by atoms with van der Waals surface area (Å²) < 4.78 is 5.84. The van der Waals surface area contributed by atoms with Gasteiger partial charge < -0.3 is 9.84 Å². The van der Waals surface area contributed by atoms with E-state index in [2.05, 4.69) is 0 Å². The molecule has 0 atom stereocenters. The van der Waals surface area contributed by atoms with Gasteiger partial charge in [-0.3, -0.25) is 4.79 Å². The molecule has 0 amide bonds. The van der Waals surface area contributed by atoms with Crippen LogP contribution < -0.4 is 0 Å². The molecule has 0 radical (unpaired) electrons. The zero-order chi connectivity index (χ0) is 14.0. The second-order valence-electron chi connectivity index (χ2n) is 5.18. The standard InChI is InChI=1S/C15H16O4/c1-15(2)8-7-10(9-16)13(19-15)11-5-3-4-6-12(11)14(17)18/h3-6,9H,7-8H2,1-2H3,(H,17,18). The minimum Gasteiger partial charge on any atom is -0.487 e. The number of carboxylic acids is 1. The van der Waals surface area contributed by atoms with Gasteiger partial charge in [0.15, 0.2) is 0 Å². The largest absolute Gasteiger partial charge is 0.487 e. The van der Waals surface area contributed by atoms with E-state index in [1.165, 1.54) is 6.07 Å². The quantitative estimate of drug-likeness (QED) is 0.849. The maximum Gasteiger partial charge on any atom is 0.336 e. The second-order valence-corrected chi connectivity index (χ2v) is 5.18. The molecular formula is C15H16O4. The van der Waals surface area contributed by atoms with Gasteiger partial charge in [0.1, 0.15) is 17.6 Å². The topological polar surface area (TPSA) is 63.6 Å². The van der Waals surface area contributed by atoms with Crippen LogP contribution in [0.15, 0.2) is 29.8 Å². The maximum absolute atomic E-state index is 11.3. The number of rotatable bonds is 3. The number of benzene rings is 1. The number of carbonyl (C=O) groups excluding carboxylic acids is 1. The molecule has 4 heteroatoms. The van der Waals surface area contributed by atoms with E-state index in [0.717, 1.165) is 12.7 Å².